The maximum absolute atomic E-state index is 11.7. The Balaban J connectivity index is 3.97. The summed E-state index contributed by atoms with van der Waals surface area (Å²) in [6.07, 6.45) is 2.04. The third kappa shape index (κ3) is 8.98. The second-order valence-corrected chi connectivity index (χ2v) is 5.92. The maximum Gasteiger partial charge on any atom is 0.240 e. The molecule has 0 fully saturated rings. The van der Waals surface area contributed by atoms with Crippen LogP contribution in [0.4, 0.5) is 0 Å². The molecular formula is C13H27N3O2. The molecule has 0 aromatic rings. The van der Waals surface area contributed by atoms with Crippen LogP contribution in [0.3, 0.4) is 0 Å². The Morgan fingerprint density at radius 3 is 2.33 bits per heavy atom. The Morgan fingerprint density at radius 2 is 1.89 bits per heavy atom. The molecule has 0 rings (SSSR count). The normalized spacial score (nSPS) is 13.0. The highest BCUT2D eigenvalue weighted by molar-refractivity contribution is 5.84. The van der Waals surface area contributed by atoms with Gasteiger partial charge in [0.25, 0.3) is 0 Å². The second-order valence-electron chi connectivity index (χ2n) is 5.92. The van der Waals surface area contributed by atoms with Crippen LogP contribution in [-0.2, 0) is 9.59 Å². The predicted octanol–water partition coefficient (Wildman–Crippen LogP) is 0.877. The van der Waals surface area contributed by atoms with Gasteiger partial charge in [-0.15, -0.1) is 0 Å². The van der Waals surface area contributed by atoms with E-state index < -0.39 is 0 Å². The summed E-state index contributed by atoms with van der Waals surface area (Å²) in [7, 11) is 1.65. The van der Waals surface area contributed by atoms with Crippen LogP contribution in [0.25, 0.3) is 0 Å². The van der Waals surface area contributed by atoms with E-state index in [9.17, 15) is 9.59 Å². The van der Waals surface area contributed by atoms with E-state index >= 15 is 0 Å². The van der Waals surface area contributed by atoms with Crippen LogP contribution in [-0.4, -0.2) is 41.9 Å². The van der Waals surface area contributed by atoms with E-state index in [1.165, 1.54) is 4.90 Å². The second kappa shape index (κ2) is 7.36. The van der Waals surface area contributed by atoms with E-state index in [1.54, 1.807) is 7.05 Å². The van der Waals surface area contributed by atoms with Crippen LogP contribution in [0.1, 0.15) is 47.0 Å². The molecule has 0 aliphatic rings. The van der Waals surface area contributed by atoms with Gasteiger partial charge in [0.2, 0.25) is 11.8 Å². The highest BCUT2D eigenvalue weighted by Gasteiger charge is 2.17. The van der Waals surface area contributed by atoms with Crippen molar-refractivity contribution in [3.8, 4) is 0 Å². The van der Waals surface area contributed by atoms with Crippen molar-refractivity contribution in [1.82, 2.24) is 10.2 Å². The molecule has 2 amide bonds. The monoisotopic (exact) mass is 257 g/mol. The number of carbonyl (C=O) groups excluding carboxylic acids is 2. The molecule has 0 heterocycles. The molecular weight excluding hydrogens is 230 g/mol. The van der Waals surface area contributed by atoms with Gasteiger partial charge in [-0.2, -0.15) is 0 Å². The van der Waals surface area contributed by atoms with Gasteiger partial charge in [-0.3, -0.25) is 9.59 Å². The number of nitrogens with zero attached hydrogens (tertiary/aromatic N) is 1. The van der Waals surface area contributed by atoms with E-state index in [4.69, 9.17) is 5.73 Å². The molecule has 0 aromatic heterocycles. The zero-order chi connectivity index (χ0) is 14.3. The van der Waals surface area contributed by atoms with Gasteiger partial charge in [-0.1, -0.05) is 0 Å². The first-order chi connectivity index (χ1) is 8.11. The average molecular weight is 257 g/mol. The molecule has 18 heavy (non-hydrogen) atoms. The molecule has 0 spiro atoms. The first-order valence-corrected chi connectivity index (χ1v) is 6.42. The molecule has 0 saturated heterocycles. The van der Waals surface area contributed by atoms with Gasteiger partial charge in [0.15, 0.2) is 0 Å². The van der Waals surface area contributed by atoms with Crippen LogP contribution in [0.5, 0.6) is 0 Å². The third-order valence-electron chi connectivity index (χ3n) is 2.37. The Kier molecular flexibility index (Phi) is 6.91. The Hall–Kier alpha value is -1.10. The van der Waals surface area contributed by atoms with Crippen LogP contribution >= 0.6 is 0 Å². The van der Waals surface area contributed by atoms with E-state index in [0.717, 1.165) is 12.8 Å². The topological polar surface area (TPSA) is 75.4 Å². The lowest BCUT2D eigenvalue weighted by Crippen LogP contribution is -2.46. The van der Waals surface area contributed by atoms with Gasteiger partial charge >= 0.3 is 0 Å². The Labute approximate surface area is 110 Å². The highest BCUT2D eigenvalue weighted by atomic mass is 16.2. The molecule has 0 aromatic carbocycles. The van der Waals surface area contributed by atoms with Gasteiger partial charge < -0.3 is 16.0 Å². The molecule has 0 aliphatic carbocycles. The number of rotatable bonds is 6. The van der Waals surface area contributed by atoms with Crippen molar-refractivity contribution in [2.45, 2.75) is 58.5 Å². The van der Waals surface area contributed by atoms with Crippen molar-refractivity contribution in [3.63, 3.8) is 0 Å². The van der Waals surface area contributed by atoms with Crippen molar-refractivity contribution < 1.29 is 9.59 Å². The fourth-order valence-electron chi connectivity index (χ4n) is 1.53. The molecule has 0 saturated carbocycles. The van der Waals surface area contributed by atoms with Crippen molar-refractivity contribution >= 4 is 11.8 Å². The summed E-state index contributed by atoms with van der Waals surface area (Å²) in [5, 5.41) is 2.83. The zero-order valence-corrected chi connectivity index (χ0v) is 12.2. The molecule has 3 N–H and O–H groups in total. The number of nitrogens with one attached hydrogen (secondary N) is 1. The van der Waals surface area contributed by atoms with E-state index in [-0.39, 0.29) is 29.9 Å². The van der Waals surface area contributed by atoms with Gasteiger partial charge in [-0.25, -0.2) is 0 Å². The van der Waals surface area contributed by atoms with Gasteiger partial charge in [-0.05, 0) is 40.5 Å². The summed E-state index contributed by atoms with van der Waals surface area (Å²) in [5.74, 6) is -0.148. The number of carbonyl (C=O) groups is 2. The molecule has 5 heteroatoms. The molecule has 106 valence electrons. The lowest BCUT2D eigenvalue weighted by atomic mass is 10.1. The number of nitrogens with two attached hydrogens (primary N) is 1. The van der Waals surface area contributed by atoms with E-state index in [2.05, 4.69) is 5.32 Å². The number of hydrogen-bond acceptors (Lipinski definition) is 3. The zero-order valence-electron chi connectivity index (χ0n) is 12.2. The van der Waals surface area contributed by atoms with Gasteiger partial charge in [0.1, 0.15) is 0 Å². The minimum Gasteiger partial charge on any atom is -0.350 e. The van der Waals surface area contributed by atoms with Crippen molar-refractivity contribution in [1.29, 1.82) is 0 Å². The molecule has 1 atom stereocenters. The van der Waals surface area contributed by atoms with Crippen LogP contribution in [0, 0.1) is 0 Å². The van der Waals surface area contributed by atoms with Crippen molar-refractivity contribution in [3.05, 3.63) is 0 Å². The molecule has 5 nitrogen and oxygen atoms in total. The first-order valence-electron chi connectivity index (χ1n) is 6.42. The largest absolute Gasteiger partial charge is 0.350 e. The van der Waals surface area contributed by atoms with Crippen LogP contribution < -0.4 is 11.1 Å². The number of hydrogen-bond donors (Lipinski definition) is 2. The maximum atomic E-state index is 11.7. The molecule has 1 unspecified atom stereocenters. The summed E-state index contributed by atoms with van der Waals surface area (Å²) < 4.78 is 0. The Bertz CT molecular complexity index is 282. The SMILES string of the molecule is CC(N)CCCC(=O)N(C)CC(=O)NC(C)(C)C. The minimum absolute atomic E-state index is 0.0142. The smallest absolute Gasteiger partial charge is 0.240 e. The van der Waals surface area contributed by atoms with Crippen LogP contribution in [0.2, 0.25) is 0 Å². The fourth-order valence-corrected chi connectivity index (χ4v) is 1.53. The fraction of sp³-hybridized carbons (Fsp3) is 0.846. The minimum atomic E-state index is -0.268. The number of likely N-dealkylation sites (N-methyl/N-ethyl adjacent to an activating group) is 1. The first kappa shape index (κ1) is 16.9. The molecule has 0 bridgehead atoms. The number of amides is 2. The summed E-state index contributed by atoms with van der Waals surface area (Å²) in [6.45, 7) is 7.76. The summed E-state index contributed by atoms with van der Waals surface area (Å²) in [4.78, 5) is 24.8. The van der Waals surface area contributed by atoms with Crippen molar-refractivity contribution in [2.75, 3.05) is 13.6 Å². The standard InChI is InChI=1S/C13H27N3O2/c1-10(14)7-6-8-12(18)16(5)9-11(17)15-13(2,3)4/h10H,6-9,14H2,1-5H3,(H,15,17). The third-order valence-corrected chi connectivity index (χ3v) is 2.37. The van der Waals surface area contributed by atoms with Crippen LogP contribution in [0.15, 0.2) is 0 Å². The van der Waals surface area contributed by atoms with Crippen molar-refractivity contribution in [2.24, 2.45) is 5.73 Å². The summed E-state index contributed by atoms with van der Waals surface area (Å²) in [5.41, 5.74) is 5.35. The molecule has 0 aliphatic heterocycles. The summed E-state index contributed by atoms with van der Waals surface area (Å²) >= 11 is 0. The lowest BCUT2D eigenvalue weighted by Gasteiger charge is -2.23. The van der Waals surface area contributed by atoms with Gasteiger partial charge in [0.05, 0.1) is 6.54 Å². The molecule has 0 radical (unpaired) electrons. The Morgan fingerprint density at radius 1 is 1.33 bits per heavy atom. The highest BCUT2D eigenvalue weighted by Crippen LogP contribution is 2.02. The van der Waals surface area contributed by atoms with E-state index in [1.807, 2.05) is 27.7 Å². The average Bonchev–Trinajstić information content (AvgIpc) is 2.13. The summed E-state index contributed by atoms with van der Waals surface area (Å²) in [6, 6.07) is 0.118. The van der Waals surface area contributed by atoms with Gasteiger partial charge in [0, 0.05) is 25.0 Å². The lowest BCUT2D eigenvalue weighted by molar-refractivity contribution is -0.135. The quantitative estimate of drug-likeness (QED) is 0.741. The predicted molar refractivity (Wildman–Crippen MR) is 73.0 cm³/mol. The van der Waals surface area contributed by atoms with E-state index in [0.29, 0.717) is 6.42 Å².